The van der Waals surface area contributed by atoms with Gasteiger partial charge in [-0.3, -0.25) is 9.63 Å². The van der Waals surface area contributed by atoms with Gasteiger partial charge in [0, 0.05) is 13.0 Å². The first-order valence-electron chi connectivity index (χ1n) is 9.46. The minimum Gasteiger partial charge on any atom is -0.494 e. The van der Waals surface area contributed by atoms with Crippen molar-refractivity contribution in [2.24, 2.45) is 0 Å². The Bertz CT molecular complexity index is 662. The number of amides is 1. The molecular formula is C19H32N2O5S. The molecule has 0 saturated carbocycles. The Kier molecular flexibility index (Phi) is 11.0. The van der Waals surface area contributed by atoms with Crippen molar-refractivity contribution in [1.29, 1.82) is 0 Å². The van der Waals surface area contributed by atoms with Crippen LogP contribution in [0.2, 0.25) is 0 Å². The number of carbonyl (C=O) groups is 1. The van der Waals surface area contributed by atoms with Crippen LogP contribution in [0.15, 0.2) is 24.3 Å². The van der Waals surface area contributed by atoms with Gasteiger partial charge in [-0.1, -0.05) is 25.5 Å². The van der Waals surface area contributed by atoms with E-state index < -0.39 is 15.3 Å². The highest BCUT2D eigenvalue weighted by molar-refractivity contribution is 7.90. The zero-order valence-corrected chi connectivity index (χ0v) is 17.3. The van der Waals surface area contributed by atoms with Crippen molar-refractivity contribution in [3.05, 3.63) is 29.8 Å². The predicted octanol–water partition coefficient (Wildman–Crippen LogP) is 2.91. The molecule has 0 fully saturated rings. The molecular weight excluding hydrogens is 368 g/mol. The maximum absolute atomic E-state index is 11.7. The molecule has 1 aromatic rings. The quantitative estimate of drug-likeness (QED) is 0.370. The van der Waals surface area contributed by atoms with Crippen LogP contribution in [0.3, 0.4) is 0 Å². The third-order valence-corrected chi connectivity index (χ3v) is 5.69. The van der Waals surface area contributed by atoms with E-state index in [2.05, 4.69) is 17.1 Å². The number of hydrogen-bond acceptors (Lipinski definition) is 5. The number of nitrogens with one attached hydrogen (secondary N) is 2. The molecule has 1 amide bonds. The summed E-state index contributed by atoms with van der Waals surface area (Å²) >= 11 is 0. The minimum absolute atomic E-state index is 0.225. The molecule has 1 aromatic carbocycles. The van der Waals surface area contributed by atoms with Crippen LogP contribution in [0.5, 0.6) is 5.75 Å². The highest BCUT2D eigenvalue weighted by Crippen LogP contribution is 2.14. The molecule has 0 radical (unpaired) electrons. The van der Waals surface area contributed by atoms with Crippen molar-refractivity contribution in [2.45, 2.75) is 64.7 Å². The van der Waals surface area contributed by atoms with Gasteiger partial charge in [-0.25, -0.2) is 18.6 Å². The van der Waals surface area contributed by atoms with E-state index in [0.29, 0.717) is 26.0 Å². The predicted molar refractivity (Wildman–Crippen MR) is 106 cm³/mol. The summed E-state index contributed by atoms with van der Waals surface area (Å²) in [4.78, 5) is 17.0. The smallest absolute Gasteiger partial charge is 0.243 e. The molecule has 154 valence electrons. The van der Waals surface area contributed by atoms with E-state index in [-0.39, 0.29) is 18.9 Å². The van der Waals surface area contributed by atoms with Gasteiger partial charge in [0.05, 0.1) is 18.5 Å². The number of benzene rings is 1. The number of unbranched alkanes of at least 4 members (excludes halogenated alkanes) is 2. The Morgan fingerprint density at radius 3 is 2.67 bits per heavy atom. The van der Waals surface area contributed by atoms with Gasteiger partial charge >= 0.3 is 0 Å². The van der Waals surface area contributed by atoms with Gasteiger partial charge in [0.2, 0.25) is 15.9 Å². The highest BCUT2D eigenvalue weighted by atomic mass is 32.2. The van der Waals surface area contributed by atoms with E-state index >= 15 is 0 Å². The number of sulfonamides is 1. The minimum atomic E-state index is -3.24. The van der Waals surface area contributed by atoms with Crippen LogP contribution in [-0.2, 0) is 26.3 Å². The number of hydroxylamine groups is 1. The second-order valence-corrected chi connectivity index (χ2v) is 8.93. The fourth-order valence-electron chi connectivity index (χ4n) is 2.10. The molecule has 0 aliphatic carbocycles. The maximum Gasteiger partial charge on any atom is 0.243 e. The van der Waals surface area contributed by atoms with Crippen molar-refractivity contribution in [3.8, 4) is 5.75 Å². The highest BCUT2D eigenvalue weighted by Gasteiger charge is 2.14. The standard InChI is InChI=1S/C19H32N2O5S/c1-4-5-13-25-18-10-8-9-17(14-18)15-26-21-19(22)11-6-7-12-20-27(23,24)16(2)3/h8-10,14,16,20H,4-7,11-13,15H2,1-3H3,(H,21,22). The molecule has 0 heterocycles. The Labute approximate surface area is 162 Å². The van der Waals surface area contributed by atoms with Crippen LogP contribution in [0.25, 0.3) is 0 Å². The first-order valence-corrected chi connectivity index (χ1v) is 11.0. The number of ether oxygens (including phenoxy) is 1. The summed E-state index contributed by atoms with van der Waals surface area (Å²) in [5.41, 5.74) is 3.32. The topological polar surface area (TPSA) is 93.7 Å². The molecule has 0 aromatic heterocycles. The van der Waals surface area contributed by atoms with Crippen LogP contribution in [0.1, 0.15) is 58.4 Å². The largest absolute Gasteiger partial charge is 0.494 e. The molecule has 2 N–H and O–H groups in total. The molecule has 0 unspecified atom stereocenters. The summed E-state index contributed by atoms with van der Waals surface area (Å²) in [6.07, 6.45) is 3.55. The van der Waals surface area contributed by atoms with Gasteiger partial charge in [-0.15, -0.1) is 0 Å². The fourth-order valence-corrected chi connectivity index (χ4v) is 2.86. The number of hydrogen-bond donors (Lipinski definition) is 2. The summed E-state index contributed by atoms with van der Waals surface area (Å²) in [5, 5.41) is -0.454. The molecule has 0 aliphatic heterocycles. The van der Waals surface area contributed by atoms with E-state index in [4.69, 9.17) is 9.57 Å². The SMILES string of the molecule is CCCCOc1cccc(CONC(=O)CCCCNS(=O)(=O)C(C)C)c1. The summed E-state index contributed by atoms with van der Waals surface area (Å²) < 4.78 is 31.3. The summed E-state index contributed by atoms with van der Waals surface area (Å²) in [7, 11) is -3.24. The molecule has 27 heavy (non-hydrogen) atoms. The zero-order chi connectivity index (χ0) is 20.1. The van der Waals surface area contributed by atoms with Gasteiger partial charge in [-0.2, -0.15) is 0 Å². The molecule has 0 bridgehead atoms. The number of rotatable bonds is 14. The lowest BCUT2D eigenvalue weighted by atomic mass is 10.2. The lowest BCUT2D eigenvalue weighted by molar-refractivity contribution is -0.134. The molecule has 8 heteroatoms. The Morgan fingerprint density at radius 2 is 1.96 bits per heavy atom. The van der Waals surface area contributed by atoms with Gasteiger partial charge in [-0.05, 0) is 50.8 Å². The zero-order valence-electron chi connectivity index (χ0n) is 16.5. The lowest BCUT2D eigenvalue weighted by Crippen LogP contribution is -2.31. The summed E-state index contributed by atoms with van der Waals surface area (Å²) in [5.74, 6) is 0.566. The second kappa shape index (κ2) is 12.7. The van der Waals surface area contributed by atoms with Gasteiger partial charge < -0.3 is 4.74 Å². The van der Waals surface area contributed by atoms with Crippen LogP contribution in [-0.4, -0.2) is 32.7 Å². The molecule has 0 saturated heterocycles. The Morgan fingerprint density at radius 1 is 1.19 bits per heavy atom. The van der Waals surface area contributed by atoms with Gasteiger partial charge in [0.25, 0.3) is 0 Å². The van der Waals surface area contributed by atoms with E-state index in [1.54, 1.807) is 13.8 Å². The van der Waals surface area contributed by atoms with Crippen molar-refractivity contribution >= 4 is 15.9 Å². The maximum atomic E-state index is 11.7. The van der Waals surface area contributed by atoms with Crippen LogP contribution >= 0.6 is 0 Å². The molecule has 0 atom stereocenters. The van der Waals surface area contributed by atoms with Crippen LogP contribution in [0, 0.1) is 0 Å². The van der Waals surface area contributed by atoms with Crippen molar-refractivity contribution < 1.29 is 22.8 Å². The number of carbonyl (C=O) groups excluding carboxylic acids is 1. The average molecular weight is 401 g/mol. The van der Waals surface area contributed by atoms with Crippen molar-refractivity contribution in [2.75, 3.05) is 13.2 Å². The lowest BCUT2D eigenvalue weighted by Gasteiger charge is -2.10. The third kappa shape index (κ3) is 10.3. The Balaban J connectivity index is 2.17. The molecule has 7 nitrogen and oxygen atoms in total. The normalized spacial score (nSPS) is 11.6. The average Bonchev–Trinajstić information content (AvgIpc) is 2.62. The van der Waals surface area contributed by atoms with Crippen LogP contribution < -0.4 is 14.9 Å². The first-order chi connectivity index (χ1) is 12.8. The summed E-state index contributed by atoms with van der Waals surface area (Å²) in [6.45, 7) is 6.63. The Hall–Kier alpha value is -1.64. The molecule has 0 aliphatic rings. The summed E-state index contributed by atoms with van der Waals surface area (Å²) in [6, 6.07) is 7.58. The van der Waals surface area contributed by atoms with E-state index in [0.717, 1.165) is 24.2 Å². The van der Waals surface area contributed by atoms with E-state index in [1.165, 1.54) is 0 Å². The van der Waals surface area contributed by atoms with Crippen molar-refractivity contribution in [3.63, 3.8) is 0 Å². The molecule has 1 rings (SSSR count). The monoisotopic (exact) mass is 400 g/mol. The van der Waals surface area contributed by atoms with Crippen molar-refractivity contribution in [1.82, 2.24) is 10.2 Å². The fraction of sp³-hybridized carbons (Fsp3) is 0.632. The third-order valence-electron chi connectivity index (χ3n) is 3.84. The van der Waals surface area contributed by atoms with Gasteiger partial charge in [0.15, 0.2) is 0 Å². The molecule has 0 spiro atoms. The van der Waals surface area contributed by atoms with E-state index in [1.807, 2.05) is 24.3 Å². The van der Waals surface area contributed by atoms with Crippen LogP contribution in [0.4, 0.5) is 0 Å². The van der Waals surface area contributed by atoms with E-state index in [9.17, 15) is 13.2 Å². The first kappa shape index (κ1) is 23.4. The second-order valence-electron chi connectivity index (χ2n) is 6.61. The van der Waals surface area contributed by atoms with Gasteiger partial charge in [0.1, 0.15) is 5.75 Å².